The van der Waals surface area contributed by atoms with Gasteiger partial charge in [0.2, 0.25) is 5.91 Å². The van der Waals surface area contributed by atoms with Crippen molar-refractivity contribution in [3.05, 3.63) is 0 Å². The highest BCUT2D eigenvalue weighted by molar-refractivity contribution is 5.83. The maximum Gasteiger partial charge on any atom is 0.227 e. The fourth-order valence-corrected chi connectivity index (χ4v) is 1.56. The molecule has 0 rings (SSSR count). The molecule has 108 valence electrons. The lowest BCUT2D eigenvalue weighted by atomic mass is 9.74. The van der Waals surface area contributed by atoms with Gasteiger partial charge in [-0.1, -0.05) is 13.8 Å². The Morgan fingerprint density at radius 1 is 1.17 bits per heavy atom. The van der Waals surface area contributed by atoms with Crippen molar-refractivity contribution in [3.63, 3.8) is 0 Å². The van der Waals surface area contributed by atoms with Crippen LogP contribution >= 0.6 is 0 Å². The Morgan fingerprint density at radius 3 is 2.06 bits per heavy atom. The molecule has 0 unspecified atom stereocenters. The molecule has 4 heteroatoms. The largest absolute Gasteiger partial charge is 0.356 e. The first-order valence-corrected chi connectivity index (χ1v) is 6.96. The van der Waals surface area contributed by atoms with E-state index in [2.05, 4.69) is 24.1 Å². The standard InChI is InChI=1S/C14H31N3O/c1-7-17(8-2)11-9-10-16-12(18)13(3,4)14(5,6)15/h7-11,15H2,1-6H3,(H,16,18). The van der Waals surface area contributed by atoms with Gasteiger partial charge in [-0.3, -0.25) is 4.79 Å². The second-order valence-corrected chi connectivity index (χ2v) is 5.98. The van der Waals surface area contributed by atoms with Crippen LogP contribution in [0, 0.1) is 5.41 Å². The van der Waals surface area contributed by atoms with Gasteiger partial charge in [-0.05, 0) is 53.8 Å². The number of nitrogens with zero attached hydrogens (tertiary/aromatic N) is 1. The summed E-state index contributed by atoms with van der Waals surface area (Å²) < 4.78 is 0. The molecule has 0 radical (unpaired) electrons. The van der Waals surface area contributed by atoms with Gasteiger partial charge >= 0.3 is 0 Å². The lowest BCUT2D eigenvalue weighted by molar-refractivity contribution is -0.132. The summed E-state index contributed by atoms with van der Waals surface area (Å²) in [5, 5.41) is 2.99. The smallest absolute Gasteiger partial charge is 0.227 e. The monoisotopic (exact) mass is 257 g/mol. The molecule has 1 amide bonds. The average molecular weight is 257 g/mol. The van der Waals surface area contributed by atoms with E-state index in [1.807, 2.05) is 27.7 Å². The number of carbonyl (C=O) groups excluding carboxylic acids is 1. The summed E-state index contributed by atoms with van der Waals surface area (Å²) in [6, 6.07) is 0. The third kappa shape index (κ3) is 4.94. The van der Waals surface area contributed by atoms with E-state index in [9.17, 15) is 4.79 Å². The van der Waals surface area contributed by atoms with Gasteiger partial charge < -0.3 is 16.0 Å². The van der Waals surface area contributed by atoms with Gasteiger partial charge in [0.05, 0.1) is 5.41 Å². The summed E-state index contributed by atoms with van der Waals surface area (Å²) in [7, 11) is 0. The van der Waals surface area contributed by atoms with Crippen molar-refractivity contribution in [3.8, 4) is 0 Å². The van der Waals surface area contributed by atoms with Crippen molar-refractivity contribution in [1.82, 2.24) is 10.2 Å². The highest BCUT2D eigenvalue weighted by Crippen LogP contribution is 2.28. The van der Waals surface area contributed by atoms with Gasteiger partial charge in [-0.2, -0.15) is 0 Å². The molecule has 0 aliphatic rings. The number of hydrogen-bond donors (Lipinski definition) is 2. The van der Waals surface area contributed by atoms with Gasteiger partial charge in [0, 0.05) is 12.1 Å². The minimum Gasteiger partial charge on any atom is -0.356 e. The molecule has 18 heavy (non-hydrogen) atoms. The van der Waals surface area contributed by atoms with E-state index >= 15 is 0 Å². The first-order chi connectivity index (χ1) is 8.16. The Labute approximate surface area is 112 Å². The molecule has 3 N–H and O–H groups in total. The summed E-state index contributed by atoms with van der Waals surface area (Å²) in [6.45, 7) is 15.8. The Hall–Kier alpha value is -0.610. The predicted octanol–water partition coefficient (Wildman–Crippen LogP) is 1.60. The van der Waals surface area contributed by atoms with Gasteiger partial charge in [-0.25, -0.2) is 0 Å². The van der Waals surface area contributed by atoms with Crippen LogP contribution in [-0.4, -0.2) is 42.5 Å². The zero-order valence-electron chi connectivity index (χ0n) is 13.0. The second kappa shape index (κ2) is 7.10. The third-order valence-corrected chi connectivity index (χ3v) is 4.01. The number of nitrogens with one attached hydrogen (secondary N) is 1. The van der Waals surface area contributed by atoms with Crippen molar-refractivity contribution in [2.75, 3.05) is 26.2 Å². The number of carbonyl (C=O) groups is 1. The first kappa shape index (κ1) is 17.4. The highest BCUT2D eigenvalue weighted by atomic mass is 16.2. The van der Waals surface area contributed by atoms with Crippen molar-refractivity contribution < 1.29 is 4.79 Å². The maximum absolute atomic E-state index is 12.1. The molecule has 0 aliphatic heterocycles. The van der Waals surface area contributed by atoms with Crippen molar-refractivity contribution >= 4 is 5.91 Å². The molecular weight excluding hydrogens is 226 g/mol. The summed E-state index contributed by atoms with van der Waals surface area (Å²) in [5.41, 5.74) is 4.97. The highest BCUT2D eigenvalue weighted by Gasteiger charge is 2.40. The Bertz CT molecular complexity index is 252. The van der Waals surface area contributed by atoms with Gasteiger partial charge in [0.15, 0.2) is 0 Å². The van der Waals surface area contributed by atoms with Crippen LogP contribution in [0.3, 0.4) is 0 Å². The van der Waals surface area contributed by atoms with Crippen molar-refractivity contribution in [2.45, 2.75) is 53.5 Å². The summed E-state index contributed by atoms with van der Waals surface area (Å²) in [6.07, 6.45) is 0.981. The molecule has 0 heterocycles. The van der Waals surface area contributed by atoms with Crippen LogP contribution in [0.25, 0.3) is 0 Å². The molecule has 0 aromatic rings. The lowest BCUT2D eigenvalue weighted by Gasteiger charge is -2.37. The number of nitrogens with two attached hydrogens (primary N) is 1. The molecule has 0 spiro atoms. The van der Waals surface area contributed by atoms with Crippen molar-refractivity contribution in [1.29, 1.82) is 0 Å². The maximum atomic E-state index is 12.1. The lowest BCUT2D eigenvalue weighted by Crippen LogP contribution is -2.55. The molecule has 0 aromatic carbocycles. The van der Waals surface area contributed by atoms with E-state index in [4.69, 9.17) is 5.73 Å². The molecule has 4 nitrogen and oxygen atoms in total. The molecule has 0 bridgehead atoms. The molecular formula is C14H31N3O. The van der Waals surface area contributed by atoms with E-state index in [1.165, 1.54) is 0 Å². The quantitative estimate of drug-likeness (QED) is 0.649. The minimum absolute atomic E-state index is 0.0366. The third-order valence-electron chi connectivity index (χ3n) is 4.01. The second-order valence-electron chi connectivity index (χ2n) is 5.98. The normalized spacial score (nSPS) is 12.9. The zero-order valence-corrected chi connectivity index (χ0v) is 13.0. The van der Waals surface area contributed by atoms with Crippen LogP contribution in [0.5, 0.6) is 0 Å². The molecule has 0 saturated heterocycles. The number of rotatable bonds is 8. The van der Waals surface area contributed by atoms with Crippen LogP contribution in [-0.2, 0) is 4.79 Å². The van der Waals surface area contributed by atoms with Crippen molar-refractivity contribution in [2.24, 2.45) is 11.1 Å². The Kier molecular flexibility index (Phi) is 6.86. The zero-order chi connectivity index (χ0) is 14.4. The van der Waals surface area contributed by atoms with Gasteiger partial charge in [0.1, 0.15) is 0 Å². The Balaban J connectivity index is 4.05. The Morgan fingerprint density at radius 2 is 1.67 bits per heavy atom. The van der Waals surface area contributed by atoms with E-state index in [-0.39, 0.29) is 5.91 Å². The van der Waals surface area contributed by atoms with Crippen LogP contribution < -0.4 is 11.1 Å². The SMILES string of the molecule is CCN(CC)CCCNC(=O)C(C)(C)C(C)(C)N. The number of hydrogen-bond acceptors (Lipinski definition) is 3. The molecule has 0 aromatic heterocycles. The number of amides is 1. The summed E-state index contributed by atoms with van der Waals surface area (Å²) in [5.74, 6) is 0.0366. The fourth-order valence-electron chi connectivity index (χ4n) is 1.56. The van der Waals surface area contributed by atoms with Gasteiger partial charge in [-0.15, -0.1) is 0 Å². The van der Waals surface area contributed by atoms with E-state index in [0.717, 1.165) is 32.6 Å². The average Bonchev–Trinajstić information content (AvgIpc) is 2.27. The van der Waals surface area contributed by atoms with Crippen LogP contribution in [0.2, 0.25) is 0 Å². The summed E-state index contributed by atoms with van der Waals surface area (Å²) in [4.78, 5) is 14.4. The van der Waals surface area contributed by atoms with E-state index in [0.29, 0.717) is 0 Å². The predicted molar refractivity (Wildman–Crippen MR) is 77.5 cm³/mol. The molecule has 0 fully saturated rings. The van der Waals surface area contributed by atoms with Crippen LogP contribution in [0.4, 0.5) is 0 Å². The van der Waals surface area contributed by atoms with Crippen LogP contribution in [0.1, 0.15) is 48.0 Å². The first-order valence-electron chi connectivity index (χ1n) is 6.96. The van der Waals surface area contributed by atoms with E-state index in [1.54, 1.807) is 0 Å². The topological polar surface area (TPSA) is 58.4 Å². The molecule has 0 saturated carbocycles. The van der Waals surface area contributed by atoms with Crippen LogP contribution in [0.15, 0.2) is 0 Å². The minimum atomic E-state index is -0.553. The van der Waals surface area contributed by atoms with Gasteiger partial charge in [0.25, 0.3) is 0 Å². The van der Waals surface area contributed by atoms with E-state index < -0.39 is 11.0 Å². The fraction of sp³-hybridized carbons (Fsp3) is 0.929. The summed E-state index contributed by atoms with van der Waals surface area (Å²) >= 11 is 0. The molecule has 0 aliphatic carbocycles. The molecule has 0 atom stereocenters.